The molecule has 17 heavy (non-hydrogen) atoms. The minimum Gasteiger partial charge on any atom is -0.467 e. The first kappa shape index (κ1) is 13.7. The van der Waals surface area contributed by atoms with Gasteiger partial charge in [-0.25, -0.2) is 4.79 Å². The molecule has 1 N–H and O–H groups in total. The number of carbonyl (C=O) groups is 1. The van der Waals surface area contributed by atoms with Gasteiger partial charge in [-0.15, -0.1) is 0 Å². The Bertz CT molecular complexity index is 372. The standard InChI is InChI=1S/C14H21NO2/c1-5-10-15-14(3,13(16)17-4)12-8-6-11(2)7-9-12/h6-9,15H,5,10H2,1-4H3. The van der Waals surface area contributed by atoms with Crippen LogP contribution in [-0.2, 0) is 15.1 Å². The smallest absolute Gasteiger partial charge is 0.330 e. The van der Waals surface area contributed by atoms with Crippen LogP contribution in [0.25, 0.3) is 0 Å². The second-order valence-corrected chi connectivity index (χ2v) is 4.41. The van der Waals surface area contributed by atoms with E-state index in [4.69, 9.17) is 4.74 Å². The summed E-state index contributed by atoms with van der Waals surface area (Å²) < 4.78 is 4.90. The van der Waals surface area contributed by atoms with Crippen LogP contribution < -0.4 is 5.32 Å². The van der Waals surface area contributed by atoms with Gasteiger partial charge in [0.1, 0.15) is 5.54 Å². The van der Waals surface area contributed by atoms with Crippen LogP contribution in [0.15, 0.2) is 24.3 Å². The molecule has 0 aliphatic carbocycles. The molecule has 1 rings (SSSR count). The Morgan fingerprint density at radius 1 is 1.35 bits per heavy atom. The first-order chi connectivity index (χ1) is 8.04. The SMILES string of the molecule is CCCNC(C)(C(=O)OC)c1ccc(C)cc1. The minimum absolute atomic E-state index is 0.255. The fourth-order valence-corrected chi connectivity index (χ4v) is 1.76. The lowest BCUT2D eigenvalue weighted by Crippen LogP contribution is -2.47. The van der Waals surface area contributed by atoms with Crippen molar-refractivity contribution in [2.75, 3.05) is 13.7 Å². The van der Waals surface area contributed by atoms with Gasteiger partial charge in [-0.3, -0.25) is 5.32 Å². The van der Waals surface area contributed by atoms with Crippen LogP contribution in [0.4, 0.5) is 0 Å². The van der Waals surface area contributed by atoms with E-state index < -0.39 is 5.54 Å². The highest BCUT2D eigenvalue weighted by Gasteiger charge is 2.35. The second-order valence-electron chi connectivity index (χ2n) is 4.41. The second kappa shape index (κ2) is 5.82. The molecule has 0 aromatic heterocycles. The average molecular weight is 235 g/mol. The van der Waals surface area contributed by atoms with Crippen LogP contribution in [0.1, 0.15) is 31.4 Å². The fraction of sp³-hybridized carbons (Fsp3) is 0.500. The maximum Gasteiger partial charge on any atom is 0.330 e. The lowest BCUT2D eigenvalue weighted by molar-refractivity contribution is -0.148. The van der Waals surface area contributed by atoms with Gasteiger partial charge in [0.25, 0.3) is 0 Å². The number of nitrogens with one attached hydrogen (secondary N) is 1. The topological polar surface area (TPSA) is 38.3 Å². The Labute approximate surface area is 103 Å². The first-order valence-electron chi connectivity index (χ1n) is 5.95. The predicted molar refractivity (Wildman–Crippen MR) is 68.8 cm³/mol. The van der Waals surface area contributed by atoms with Crippen molar-refractivity contribution in [2.24, 2.45) is 0 Å². The van der Waals surface area contributed by atoms with Gasteiger partial charge >= 0.3 is 5.97 Å². The van der Waals surface area contributed by atoms with E-state index in [0.29, 0.717) is 0 Å². The molecule has 1 unspecified atom stereocenters. The molecule has 0 bridgehead atoms. The van der Waals surface area contributed by atoms with Crippen LogP contribution in [0.2, 0.25) is 0 Å². The van der Waals surface area contributed by atoms with Crippen molar-refractivity contribution >= 4 is 5.97 Å². The minimum atomic E-state index is -0.765. The van der Waals surface area contributed by atoms with Gasteiger partial charge in [-0.05, 0) is 32.4 Å². The number of hydrogen-bond acceptors (Lipinski definition) is 3. The van der Waals surface area contributed by atoms with Crippen molar-refractivity contribution in [3.8, 4) is 0 Å². The lowest BCUT2D eigenvalue weighted by atomic mass is 9.91. The highest BCUT2D eigenvalue weighted by atomic mass is 16.5. The summed E-state index contributed by atoms with van der Waals surface area (Å²) in [5.74, 6) is -0.255. The Kier molecular flexibility index (Phi) is 4.70. The summed E-state index contributed by atoms with van der Waals surface area (Å²) in [6, 6.07) is 7.94. The van der Waals surface area contributed by atoms with Gasteiger partial charge < -0.3 is 4.74 Å². The number of benzene rings is 1. The third-order valence-electron chi connectivity index (χ3n) is 2.95. The quantitative estimate of drug-likeness (QED) is 0.796. The maximum atomic E-state index is 11.9. The number of carbonyl (C=O) groups excluding carboxylic acids is 1. The number of ether oxygens (including phenoxy) is 1. The number of methoxy groups -OCH3 is 1. The van der Waals surface area contributed by atoms with Crippen molar-refractivity contribution < 1.29 is 9.53 Å². The zero-order valence-electron chi connectivity index (χ0n) is 11.0. The summed E-state index contributed by atoms with van der Waals surface area (Å²) >= 11 is 0. The Balaban J connectivity index is 3.04. The third-order valence-corrected chi connectivity index (χ3v) is 2.95. The molecule has 3 heteroatoms. The molecule has 0 aliphatic heterocycles. The zero-order valence-corrected chi connectivity index (χ0v) is 11.0. The molecular weight excluding hydrogens is 214 g/mol. The summed E-state index contributed by atoms with van der Waals surface area (Å²) in [5, 5.41) is 3.26. The Hall–Kier alpha value is -1.35. The molecule has 3 nitrogen and oxygen atoms in total. The normalized spacial score (nSPS) is 14.1. The molecule has 0 heterocycles. The van der Waals surface area contributed by atoms with Crippen molar-refractivity contribution in [1.29, 1.82) is 0 Å². The van der Waals surface area contributed by atoms with E-state index in [0.717, 1.165) is 18.5 Å². The van der Waals surface area contributed by atoms with E-state index >= 15 is 0 Å². The largest absolute Gasteiger partial charge is 0.467 e. The van der Waals surface area contributed by atoms with Crippen LogP contribution >= 0.6 is 0 Å². The molecule has 1 atom stereocenters. The van der Waals surface area contributed by atoms with E-state index in [9.17, 15) is 4.79 Å². The van der Waals surface area contributed by atoms with E-state index in [2.05, 4.69) is 12.2 Å². The molecule has 0 fully saturated rings. The van der Waals surface area contributed by atoms with Crippen LogP contribution in [0.5, 0.6) is 0 Å². The molecule has 0 amide bonds. The van der Waals surface area contributed by atoms with Crippen molar-refractivity contribution in [1.82, 2.24) is 5.32 Å². The zero-order chi connectivity index (χ0) is 12.9. The summed E-state index contributed by atoms with van der Waals surface area (Å²) in [6.45, 7) is 6.73. The summed E-state index contributed by atoms with van der Waals surface area (Å²) in [4.78, 5) is 11.9. The van der Waals surface area contributed by atoms with Gasteiger partial charge in [0.2, 0.25) is 0 Å². The average Bonchev–Trinajstić information content (AvgIpc) is 2.35. The molecule has 1 aromatic carbocycles. The Morgan fingerprint density at radius 3 is 2.41 bits per heavy atom. The molecular formula is C14H21NO2. The third kappa shape index (κ3) is 3.07. The monoisotopic (exact) mass is 235 g/mol. The summed E-state index contributed by atoms with van der Waals surface area (Å²) in [6.07, 6.45) is 0.971. The summed E-state index contributed by atoms with van der Waals surface area (Å²) in [7, 11) is 1.42. The van der Waals surface area contributed by atoms with Crippen LogP contribution in [0.3, 0.4) is 0 Å². The van der Waals surface area contributed by atoms with Crippen molar-refractivity contribution in [3.05, 3.63) is 35.4 Å². The highest BCUT2D eigenvalue weighted by Crippen LogP contribution is 2.22. The van der Waals surface area contributed by atoms with Gasteiger partial charge in [0, 0.05) is 0 Å². The number of rotatable bonds is 5. The van der Waals surface area contributed by atoms with E-state index in [1.807, 2.05) is 38.1 Å². The molecule has 0 radical (unpaired) electrons. The first-order valence-corrected chi connectivity index (χ1v) is 5.95. The predicted octanol–water partition coefficient (Wildman–Crippen LogP) is 2.38. The Morgan fingerprint density at radius 2 is 1.94 bits per heavy atom. The van der Waals surface area contributed by atoms with Crippen molar-refractivity contribution in [3.63, 3.8) is 0 Å². The van der Waals surface area contributed by atoms with E-state index in [-0.39, 0.29) is 5.97 Å². The lowest BCUT2D eigenvalue weighted by Gasteiger charge is -2.28. The van der Waals surface area contributed by atoms with Gasteiger partial charge in [0.05, 0.1) is 7.11 Å². The number of hydrogen-bond donors (Lipinski definition) is 1. The van der Waals surface area contributed by atoms with E-state index in [1.165, 1.54) is 12.7 Å². The number of aryl methyl sites for hydroxylation is 1. The summed E-state index contributed by atoms with van der Waals surface area (Å²) in [5.41, 5.74) is 1.35. The van der Waals surface area contributed by atoms with Crippen LogP contribution in [-0.4, -0.2) is 19.6 Å². The van der Waals surface area contributed by atoms with Gasteiger partial charge in [0.15, 0.2) is 0 Å². The highest BCUT2D eigenvalue weighted by molar-refractivity contribution is 5.82. The molecule has 0 saturated carbocycles. The van der Waals surface area contributed by atoms with Crippen LogP contribution in [0, 0.1) is 6.92 Å². The molecule has 0 aliphatic rings. The fourth-order valence-electron chi connectivity index (χ4n) is 1.76. The maximum absolute atomic E-state index is 11.9. The molecule has 94 valence electrons. The molecule has 0 spiro atoms. The van der Waals surface area contributed by atoms with E-state index in [1.54, 1.807) is 0 Å². The number of esters is 1. The molecule has 1 aromatic rings. The molecule has 0 saturated heterocycles. The van der Waals surface area contributed by atoms with Crippen molar-refractivity contribution in [2.45, 2.75) is 32.7 Å². The van der Waals surface area contributed by atoms with Gasteiger partial charge in [-0.1, -0.05) is 36.8 Å². The van der Waals surface area contributed by atoms with Gasteiger partial charge in [-0.2, -0.15) is 0 Å².